The van der Waals surface area contributed by atoms with E-state index < -0.39 is 11.0 Å². The molecule has 2 aliphatic rings. The molecule has 0 aromatic heterocycles. The van der Waals surface area contributed by atoms with Gasteiger partial charge < -0.3 is 20.7 Å². The maximum Gasteiger partial charge on any atom is 0.246 e. The minimum Gasteiger partial charge on any atom is -0.378 e. The summed E-state index contributed by atoms with van der Waals surface area (Å²) in [6.07, 6.45) is 2.35. The summed E-state index contributed by atoms with van der Waals surface area (Å²) in [5, 5.41) is 2.76. The lowest BCUT2D eigenvalue weighted by Crippen LogP contribution is -2.76. The van der Waals surface area contributed by atoms with Crippen molar-refractivity contribution in [3.63, 3.8) is 0 Å². The molecule has 3 rings (SSSR count). The second-order valence-electron chi connectivity index (χ2n) is 7.80. The van der Waals surface area contributed by atoms with Crippen molar-refractivity contribution in [1.82, 2.24) is 5.32 Å². The maximum atomic E-state index is 12.7. The molecule has 0 bridgehead atoms. The molecule has 0 radical (unpaired) electrons. The van der Waals surface area contributed by atoms with Gasteiger partial charge in [0.1, 0.15) is 5.54 Å². The van der Waals surface area contributed by atoms with Gasteiger partial charge in [0.25, 0.3) is 0 Å². The molecule has 1 saturated carbocycles. The molecule has 1 fully saturated rings. The molecule has 6 nitrogen and oxygen atoms in total. The third-order valence-electron chi connectivity index (χ3n) is 6.05. The van der Waals surface area contributed by atoms with Gasteiger partial charge in [-0.15, -0.1) is 12.4 Å². The highest BCUT2D eigenvalue weighted by molar-refractivity contribution is 5.99. The van der Waals surface area contributed by atoms with Crippen molar-refractivity contribution < 1.29 is 14.3 Å². The zero-order valence-corrected chi connectivity index (χ0v) is 17.1. The number of hydrogen-bond donors (Lipinski definition) is 2. The topological polar surface area (TPSA) is 84.7 Å². The van der Waals surface area contributed by atoms with E-state index in [9.17, 15) is 9.59 Å². The first-order chi connectivity index (χ1) is 12.3. The van der Waals surface area contributed by atoms with Crippen LogP contribution < -0.4 is 16.0 Å². The standard InChI is InChI=1S/C20H29N3O3.ClH/c1-4-26-16-12-20(21,19(16,2)3)18(25)22-13-17(24)23-11-7-9-14-8-5-6-10-15(14)23;/h5-6,8,10,16H,4,7,9,11-13,21H2,1-3H3,(H,22,25);1H. The number of nitrogens with one attached hydrogen (secondary N) is 1. The lowest BCUT2D eigenvalue weighted by atomic mass is 9.54. The first-order valence-corrected chi connectivity index (χ1v) is 9.38. The van der Waals surface area contributed by atoms with Crippen molar-refractivity contribution in [2.24, 2.45) is 11.1 Å². The minimum atomic E-state index is -1.01. The Morgan fingerprint density at radius 3 is 2.70 bits per heavy atom. The van der Waals surface area contributed by atoms with Crippen LogP contribution in [0.1, 0.15) is 39.2 Å². The van der Waals surface area contributed by atoms with E-state index in [4.69, 9.17) is 10.5 Å². The van der Waals surface area contributed by atoms with Crippen molar-refractivity contribution in [2.45, 2.75) is 51.7 Å². The summed E-state index contributed by atoms with van der Waals surface area (Å²) < 4.78 is 5.66. The Kier molecular flexibility index (Phi) is 6.55. The fourth-order valence-electron chi connectivity index (χ4n) is 4.02. The van der Waals surface area contributed by atoms with E-state index in [2.05, 4.69) is 5.32 Å². The number of amides is 2. The minimum absolute atomic E-state index is 0. The predicted octanol–water partition coefficient (Wildman–Crippen LogP) is 2.04. The van der Waals surface area contributed by atoms with E-state index in [0.717, 1.165) is 18.5 Å². The third-order valence-corrected chi connectivity index (χ3v) is 6.05. The van der Waals surface area contributed by atoms with Crippen LogP contribution in [0.2, 0.25) is 0 Å². The van der Waals surface area contributed by atoms with Crippen molar-refractivity contribution in [3.8, 4) is 0 Å². The van der Waals surface area contributed by atoms with Crippen LogP contribution in [0.5, 0.6) is 0 Å². The van der Waals surface area contributed by atoms with Crippen LogP contribution in [0.4, 0.5) is 5.69 Å². The van der Waals surface area contributed by atoms with Crippen LogP contribution in [0.15, 0.2) is 24.3 Å². The molecular weight excluding hydrogens is 366 g/mol. The van der Waals surface area contributed by atoms with Crippen LogP contribution in [0.3, 0.4) is 0 Å². The summed E-state index contributed by atoms with van der Waals surface area (Å²) in [6.45, 7) is 7.05. The Morgan fingerprint density at radius 1 is 1.33 bits per heavy atom. The van der Waals surface area contributed by atoms with Gasteiger partial charge in [0.15, 0.2) is 0 Å². The highest BCUT2D eigenvalue weighted by atomic mass is 35.5. The number of para-hydroxylation sites is 1. The molecule has 3 N–H and O–H groups in total. The zero-order chi connectivity index (χ0) is 18.9. The Bertz CT molecular complexity index is 709. The van der Waals surface area contributed by atoms with E-state index >= 15 is 0 Å². The van der Waals surface area contributed by atoms with Crippen LogP contribution >= 0.6 is 12.4 Å². The highest BCUT2D eigenvalue weighted by Crippen LogP contribution is 2.49. The van der Waals surface area contributed by atoms with E-state index in [0.29, 0.717) is 19.6 Å². The molecular formula is C20H30ClN3O3. The second-order valence-corrected chi connectivity index (χ2v) is 7.80. The Morgan fingerprint density at radius 2 is 2.04 bits per heavy atom. The van der Waals surface area contributed by atoms with Crippen LogP contribution in [0, 0.1) is 5.41 Å². The third kappa shape index (κ3) is 3.71. The molecule has 1 aliphatic carbocycles. The second kappa shape index (κ2) is 8.17. The molecule has 7 heteroatoms. The largest absolute Gasteiger partial charge is 0.378 e. The van der Waals surface area contributed by atoms with Gasteiger partial charge in [-0.05, 0) is 31.4 Å². The normalized spacial score (nSPS) is 25.6. The van der Waals surface area contributed by atoms with Gasteiger partial charge in [0, 0.05) is 30.7 Å². The average molecular weight is 396 g/mol. The molecule has 1 aromatic carbocycles. The summed E-state index contributed by atoms with van der Waals surface area (Å²) in [4.78, 5) is 27.1. The monoisotopic (exact) mass is 395 g/mol. The van der Waals surface area contributed by atoms with Gasteiger partial charge >= 0.3 is 0 Å². The molecule has 1 heterocycles. The molecule has 0 saturated heterocycles. The fourth-order valence-corrected chi connectivity index (χ4v) is 4.02. The number of benzene rings is 1. The summed E-state index contributed by atoms with van der Waals surface area (Å²) in [6, 6.07) is 7.93. The molecule has 27 heavy (non-hydrogen) atoms. The Labute approximate surface area is 167 Å². The lowest BCUT2D eigenvalue weighted by molar-refractivity contribution is -0.170. The number of nitrogens with zero attached hydrogens (tertiary/aromatic N) is 1. The van der Waals surface area contributed by atoms with Gasteiger partial charge in [-0.3, -0.25) is 9.59 Å². The summed E-state index contributed by atoms with van der Waals surface area (Å²) in [5.74, 6) is -0.385. The van der Waals surface area contributed by atoms with Gasteiger partial charge in [0.05, 0.1) is 12.6 Å². The Balaban J connectivity index is 0.00000261. The molecule has 1 aromatic rings. The van der Waals surface area contributed by atoms with Gasteiger partial charge in [-0.1, -0.05) is 32.0 Å². The van der Waals surface area contributed by atoms with Gasteiger partial charge in [-0.2, -0.15) is 0 Å². The number of halogens is 1. The smallest absolute Gasteiger partial charge is 0.246 e. The average Bonchev–Trinajstić information content (AvgIpc) is 2.64. The number of ether oxygens (including phenoxy) is 1. The van der Waals surface area contributed by atoms with Crippen LogP contribution in [0.25, 0.3) is 0 Å². The number of nitrogens with two attached hydrogens (primary N) is 1. The highest BCUT2D eigenvalue weighted by Gasteiger charge is 2.62. The summed E-state index contributed by atoms with van der Waals surface area (Å²) in [7, 11) is 0. The number of rotatable bonds is 5. The molecule has 2 amide bonds. The number of carbonyl (C=O) groups is 2. The fraction of sp³-hybridized carbons (Fsp3) is 0.600. The van der Waals surface area contributed by atoms with Crippen LogP contribution in [-0.2, 0) is 20.7 Å². The quantitative estimate of drug-likeness (QED) is 0.798. The van der Waals surface area contributed by atoms with E-state index in [1.807, 2.05) is 45.0 Å². The molecule has 2 atom stereocenters. The SMILES string of the molecule is CCOC1CC(N)(C(=O)NCC(=O)N2CCCc3ccccc32)C1(C)C.Cl. The molecule has 150 valence electrons. The zero-order valence-electron chi connectivity index (χ0n) is 16.3. The van der Waals surface area contributed by atoms with Gasteiger partial charge in [-0.25, -0.2) is 0 Å². The van der Waals surface area contributed by atoms with E-state index in [1.54, 1.807) is 4.90 Å². The van der Waals surface area contributed by atoms with Crippen molar-refractivity contribution in [3.05, 3.63) is 29.8 Å². The number of fused-ring (bicyclic) bond motifs is 1. The summed E-state index contributed by atoms with van der Waals surface area (Å²) >= 11 is 0. The molecule has 1 aliphatic heterocycles. The lowest BCUT2D eigenvalue weighted by Gasteiger charge is -2.57. The van der Waals surface area contributed by atoms with Gasteiger partial charge in [0.2, 0.25) is 11.8 Å². The first-order valence-electron chi connectivity index (χ1n) is 9.38. The first kappa shape index (κ1) is 21.7. The van der Waals surface area contributed by atoms with Crippen molar-refractivity contribution >= 4 is 29.9 Å². The van der Waals surface area contributed by atoms with Crippen molar-refractivity contribution in [2.75, 3.05) is 24.6 Å². The predicted molar refractivity (Wildman–Crippen MR) is 108 cm³/mol. The summed E-state index contributed by atoms with van der Waals surface area (Å²) in [5.41, 5.74) is 7.02. The number of carbonyl (C=O) groups excluding carboxylic acids is 2. The number of anilines is 1. The number of aryl methyl sites for hydroxylation is 1. The Hall–Kier alpha value is -1.63. The molecule has 2 unspecified atom stereocenters. The van der Waals surface area contributed by atoms with Crippen LogP contribution in [-0.4, -0.2) is 43.2 Å². The molecule has 0 spiro atoms. The maximum absolute atomic E-state index is 12.7. The van der Waals surface area contributed by atoms with E-state index in [-0.39, 0.29) is 36.9 Å². The van der Waals surface area contributed by atoms with E-state index in [1.165, 1.54) is 5.56 Å². The number of hydrogen-bond acceptors (Lipinski definition) is 4. The van der Waals surface area contributed by atoms with Crippen molar-refractivity contribution in [1.29, 1.82) is 0 Å².